The number of hydrogen-bond donors (Lipinski definition) is 1. The number of carbonyl (C=O) groups excluding carboxylic acids is 3. The third-order valence-electron chi connectivity index (χ3n) is 12.4. The van der Waals surface area contributed by atoms with Gasteiger partial charge in [-0.05, 0) is 104 Å². The Kier molecular flexibility index (Phi) is 10.2. The van der Waals surface area contributed by atoms with Crippen molar-refractivity contribution in [2.24, 2.45) is 5.92 Å². The standard InChI is InChI=1S/C42H46F3N7O3/c43-42(44,45)37-24-35(6-3-30(37)25-46)51-18-14-31(26-51)29-1-4-33(5-2-29)49-16-12-28(13-17-49)11-15-48-19-21-50(22-20-48)34-7-8-36-32(23-34)27-52(41(36)55)38-9-10-39(53)47-40(38)54/h1-8,23-24,28,31,38H,9-22,26-27H2,(H,47,53,54). The first-order valence-corrected chi connectivity index (χ1v) is 19.5. The molecule has 5 aliphatic rings. The van der Waals surface area contributed by atoms with Crippen molar-refractivity contribution < 1.29 is 27.6 Å². The van der Waals surface area contributed by atoms with Crippen molar-refractivity contribution >= 4 is 34.8 Å². The van der Waals surface area contributed by atoms with Gasteiger partial charge in [-0.2, -0.15) is 18.4 Å². The van der Waals surface area contributed by atoms with E-state index in [1.807, 2.05) is 17.0 Å². The second-order valence-corrected chi connectivity index (χ2v) is 15.7. The Balaban J connectivity index is 0.767. The van der Waals surface area contributed by atoms with Crippen molar-refractivity contribution in [1.29, 1.82) is 5.26 Å². The Morgan fingerprint density at radius 2 is 1.44 bits per heavy atom. The molecule has 1 N–H and O–H groups in total. The molecule has 0 radical (unpaired) electrons. The SMILES string of the molecule is N#Cc1ccc(N2CCC(c3ccc(N4CCC(CCN5CCN(c6ccc7c(c6)CN(C6CCC(=O)NC6=O)C7=O)CC5)CC4)cc3)C2)cc1C(F)(F)F. The summed E-state index contributed by atoms with van der Waals surface area (Å²) in [4.78, 5) is 48.1. The predicted octanol–water partition coefficient (Wildman–Crippen LogP) is 5.76. The van der Waals surface area contributed by atoms with E-state index in [9.17, 15) is 27.6 Å². The van der Waals surface area contributed by atoms with Crippen LogP contribution in [0, 0.1) is 17.2 Å². The minimum Gasteiger partial charge on any atom is -0.372 e. The summed E-state index contributed by atoms with van der Waals surface area (Å²) in [5.41, 5.74) is 4.39. The number of benzene rings is 3. The normalized spacial score (nSPS) is 22.6. The van der Waals surface area contributed by atoms with Gasteiger partial charge in [0, 0.05) is 93.9 Å². The van der Waals surface area contributed by atoms with E-state index in [2.05, 4.69) is 50.3 Å². The molecule has 2 atom stereocenters. The molecule has 0 bridgehead atoms. The van der Waals surface area contributed by atoms with E-state index in [0.717, 1.165) is 82.4 Å². The van der Waals surface area contributed by atoms with Gasteiger partial charge in [0.25, 0.3) is 5.91 Å². The second-order valence-electron chi connectivity index (χ2n) is 15.7. The van der Waals surface area contributed by atoms with Crippen LogP contribution in [0.4, 0.5) is 30.2 Å². The number of hydrogen-bond acceptors (Lipinski definition) is 8. The number of nitrogens with zero attached hydrogens (tertiary/aromatic N) is 6. The number of rotatable bonds is 8. The molecule has 0 aliphatic carbocycles. The van der Waals surface area contributed by atoms with E-state index in [4.69, 9.17) is 5.26 Å². The number of anilines is 3. The summed E-state index contributed by atoms with van der Waals surface area (Å²) in [6, 6.07) is 19.8. The average Bonchev–Trinajstić information content (AvgIpc) is 3.82. The zero-order valence-electron chi connectivity index (χ0n) is 30.9. The lowest BCUT2D eigenvalue weighted by molar-refractivity contribution is -0.138. The Morgan fingerprint density at radius 1 is 0.764 bits per heavy atom. The molecule has 3 amide bonds. The highest BCUT2D eigenvalue weighted by molar-refractivity contribution is 6.05. The molecular formula is C42H46F3N7O3. The third-order valence-corrected chi connectivity index (χ3v) is 12.4. The molecular weight excluding hydrogens is 708 g/mol. The average molecular weight is 754 g/mol. The highest BCUT2D eigenvalue weighted by Gasteiger charge is 2.39. The van der Waals surface area contributed by atoms with Crippen LogP contribution >= 0.6 is 0 Å². The summed E-state index contributed by atoms with van der Waals surface area (Å²) in [6.07, 6.45) is 0.418. The zero-order valence-corrected chi connectivity index (χ0v) is 30.9. The lowest BCUT2D eigenvalue weighted by atomic mass is 9.92. The van der Waals surface area contributed by atoms with Gasteiger partial charge in [0.15, 0.2) is 0 Å². The number of carbonyl (C=O) groups is 3. The lowest BCUT2D eigenvalue weighted by Gasteiger charge is -2.38. The van der Waals surface area contributed by atoms with Crippen molar-refractivity contribution in [2.75, 3.05) is 73.6 Å². The number of alkyl halides is 3. The summed E-state index contributed by atoms with van der Waals surface area (Å²) in [5, 5.41) is 11.5. The molecule has 0 aromatic heterocycles. The zero-order chi connectivity index (χ0) is 38.3. The van der Waals surface area contributed by atoms with Gasteiger partial charge in [0.1, 0.15) is 6.04 Å². The monoisotopic (exact) mass is 753 g/mol. The van der Waals surface area contributed by atoms with Gasteiger partial charge in [0.05, 0.1) is 17.2 Å². The summed E-state index contributed by atoms with van der Waals surface area (Å²) >= 11 is 0. The van der Waals surface area contributed by atoms with E-state index in [0.29, 0.717) is 43.2 Å². The molecule has 8 rings (SSSR count). The fourth-order valence-corrected chi connectivity index (χ4v) is 9.12. The maximum absolute atomic E-state index is 13.5. The van der Waals surface area contributed by atoms with E-state index in [1.54, 1.807) is 17.0 Å². The molecule has 0 spiro atoms. The van der Waals surface area contributed by atoms with Crippen molar-refractivity contribution in [3.05, 3.63) is 88.5 Å². The summed E-state index contributed by atoms with van der Waals surface area (Å²) in [6.45, 7) is 8.67. The van der Waals surface area contributed by atoms with Gasteiger partial charge in [-0.25, -0.2) is 0 Å². The molecule has 5 aliphatic heterocycles. The van der Waals surface area contributed by atoms with Gasteiger partial charge < -0.3 is 19.6 Å². The van der Waals surface area contributed by atoms with Crippen LogP contribution in [0.1, 0.15) is 77.1 Å². The number of piperazine rings is 1. The van der Waals surface area contributed by atoms with Gasteiger partial charge in [-0.3, -0.25) is 24.6 Å². The van der Waals surface area contributed by atoms with Gasteiger partial charge >= 0.3 is 6.18 Å². The number of nitrogens with one attached hydrogen (secondary N) is 1. The molecule has 288 valence electrons. The van der Waals surface area contributed by atoms with Crippen molar-refractivity contribution in [3.63, 3.8) is 0 Å². The van der Waals surface area contributed by atoms with Crippen molar-refractivity contribution in [2.45, 2.75) is 63.2 Å². The molecule has 4 fully saturated rings. The Morgan fingerprint density at radius 3 is 2.15 bits per heavy atom. The summed E-state index contributed by atoms with van der Waals surface area (Å²) < 4.78 is 40.6. The maximum atomic E-state index is 13.5. The van der Waals surface area contributed by atoms with Crippen LogP contribution < -0.4 is 20.0 Å². The molecule has 3 aromatic carbocycles. The minimum absolute atomic E-state index is 0.142. The number of nitriles is 1. The molecule has 5 heterocycles. The lowest BCUT2D eigenvalue weighted by Crippen LogP contribution is -2.52. The molecule has 10 nitrogen and oxygen atoms in total. The fourth-order valence-electron chi connectivity index (χ4n) is 9.12. The van der Waals surface area contributed by atoms with E-state index in [-0.39, 0.29) is 35.6 Å². The van der Waals surface area contributed by atoms with E-state index in [1.165, 1.54) is 23.7 Å². The Bertz CT molecular complexity index is 1980. The quantitative estimate of drug-likeness (QED) is 0.290. The van der Waals surface area contributed by atoms with Crippen LogP contribution in [0.25, 0.3) is 0 Å². The highest BCUT2D eigenvalue weighted by atomic mass is 19.4. The number of fused-ring (bicyclic) bond motifs is 1. The topological polar surface area (TPSA) is 103 Å². The largest absolute Gasteiger partial charge is 0.417 e. The van der Waals surface area contributed by atoms with Crippen molar-refractivity contribution in [3.8, 4) is 6.07 Å². The molecule has 0 saturated carbocycles. The summed E-state index contributed by atoms with van der Waals surface area (Å²) in [7, 11) is 0. The molecule has 3 aromatic rings. The number of imide groups is 1. The summed E-state index contributed by atoms with van der Waals surface area (Å²) in [5.74, 6) is 0.120. The number of amides is 3. The first-order chi connectivity index (χ1) is 26.5. The molecule has 55 heavy (non-hydrogen) atoms. The van der Waals surface area contributed by atoms with Crippen LogP contribution in [0.5, 0.6) is 0 Å². The van der Waals surface area contributed by atoms with Gasteiger partial charge in [0.2, 0.25) is 11.8 Å². The van der Waals surface area contributed by atoms with Crippen LogP contribution in [-0.2, 0) is 22.3 Å². The van der Waals surface area contributed by atoms with Crippen LogP contribution in [-0.4, -0.2) is 92.5 Å². The first-order valence-electron chi connectivity index (χ1n) is 19.5. The smallest absolute Gasteiger partial charge is 0.372 e. The highest BCUT2D eigenvalue weighted by Crippen LogP contribution is 2.38. The van der Waals surface area contributed by atoms with Gasteiger partial charge in [-0.15, -0.1) is 0 Å². The van der Waals surface area contributed by atoms with E-state index < -0.39 is 17.8 Å². The molecule has 4 saturated heterocycles. The minimum atomic E-state index is -4.56. The number of halogens is 3. The van der Waals surface area contributed by atoms with Crippen LogP contribution in [0.2, 0.25) is 0 Å². The van der Waals surface area contributed by atoms with Crippen molar-refractivity contribution in [1.82, 2.24) is 15.1 Å². The number of piperidine rings is 2. The Hall–Kier alpha value is -5.09. The van der Waals surface area contributed by atoms with Crippen LogP contribution in [0.3, 0.4) is 0 Å². The second kappa shape index (κ2) is 15.2. The maximum Gasteiger partial charge on any atom is 0.417 e. The first kappa shape index (κ1) is 36.9. The predicted molar refractivity (Wildman–Crippen MR) is 203 cm³/mol. The fraction of sp³-hybridized carbons (Fsp3) is 0.476. The van der Waals surface area contributed by atoms with Gasteiger partial charge in [-0.1, -0.05) is 12.1 Å². The third kappa shape index (κ3) is 7.74. The van der Waals surface area contributed by atoms with E-state index >= 15 is 0 Å². The molecule has 13 heteroatoms. The Labute approximate surface area is 319 Å². The van der Waals surface area contributed by atoms with Crippen LogP contribution in [0.15, 0.2) is 60.7 Å². The molecule has 2 unspecified atom stereocenters.